The number of hydrogen-bond donors (Lipinski definition) is 1. The van der Waals surface area contributed by atoms with Crippen molar-refractivity contribution < 1.29 is 9.26 Å². The van der Waals surface area contributed by atoms with Crippen LogP contribution in [0.3, 0.4) is 0 Å². The summed E-state index contributed by atoms with van der Waals surface area (Å²) in [7, 11) is 1.71. The lowest BCUT2D eigenvalue weighted by Crippen LogP contribution is -2.25. The lowest BCUT2D eigenvalue weighted by Gasteiger charge is -2.22. The first kappa shape index (κ1) is 11.7. The average molecular weight is 265 g/mol. The van der Waals surface area contributed by atoms with Crippen molar-refractivity contribution in [2.75, 3.05) is 12.8 Å². The van der Waals surface area contributed by atoms with E-state index in [1.165, 1.54) is 11.3 Å². The quantitative estimate of drug-likeness (QED) is 0.923. The smallest absolute Gasteiger partial charge is 0.270 e. The molecule has 2 N–H and O–H groups in total. The third kappa shape index (κ3) is 1.72. The fourth-order valence-corrected chi connectivity index (χ4v) is 3.20. The molecule has 1 aliphatic rings. The molecule has 2 aromatic rings. The SMILES string of the molecule is COC1(c2noc(-c3sccc3N)n2)CCCC1. The number of nitrogens with zero attached hydrogens (tertiary/aromatic N) is 2. The van der Waals surface area contributed by atoms with Gasteiger partial charge in [-0.3, -0.25) is 0 Å². The monoisotopic (exact) mass is 265 g/mol. The van der Waals surface area contributed by atoms with E-state index in [1.54, 1.807) is 7.11 Å². The van der Waals surface area contributed by atoms with Crippen LogP contribution in [0.4, 0.5) is 5.69 Å². The molecular weight excluding hydrogens is 250 g/mol. The molecule has 0 unspecified atom stereocenters. The third-order valence-corrected chi connectivity index (χ3v) is 4.44. The molecule has 0 amide bonds. The Hall–Kier alpha value is -1.40. The molecule has 1 saturated carbocycles. The molecule has 0 bridgehead atoms. The van der Waals surface area contributed by atoms with Gasteiger partial charge in [0.15, 0.2) is 0 Å². The Kier molecular flexibility index (Phi) is 2.83. The Balaban J connectivity index is 1.96. The lowest BCUT2D eigenvalue weighted by atomic mass is 10.0. The molecule has 0 aliphatic heterocycles. The number of aromatic nitrogens is 2. The van der Waals surface area contributed by atoms with E-state index in [4.69, 9.17) is 15.0 Å². The maximum absolute atomic E-state index is 5.85. The fraction of sp³-hybridized carbons (Fsp3) is 0.500. The number of nitrogen functional groups attached to an aromatic ring is 1. The van der Waals surface area contributed by atoms with Gasteiger partial charge in [-0.15, -0.1) is 11.3 Å². The first-order chi connectivity index (χ1) is 8.75. The van der Waals surface area contributed by atoms with E-state index >= 15 is 0 Å². The van der Waals surface area contributed by atoms with Gasteiger partial charge in [-0.1, -0.05) is 5.16 Å². The Morgan fingerprint density at radius 3 is 2.83 bits per heavy atom. The standard InChI is InChI=1S/C12H15N3O2S/c1-16-12(5-2-3-6-12)11-14-10(17-15-11)9-8(13)4-7-18-9/h4,7H,2-3,5-6,13H2,1H3. The Morgan fingerprint density at radius 2 is 2.22 bits per heavy atom. The lowest BCUT2D eigenvalue weighted by molar-refractivity contribution is -0.0178. The van der Waals surface area contributed by atoms with Crippen molar-refractivity contribution in [3.05, 3.63) is 17.3 Å². The average Bonchev–Trinajstić information content (AvgIpc) is 3.08. The molecule has 0 saturated heterocycles. The van der Waals surface area contributed by atoms with E-state index in [9.17, 15) is 0 Å². The maximum Gasteiger partial charge on any atom is 0.270 e. The number of nitrogens with two attached hydrogens (primary N) is 1. The topological polar surface area (TPSA) is 74.2 Å². The molecule has 6 heteroatoms. The fourth-order valence-electron chi connectivity index (χ4n) is 2.46. The normalized spacial score (nSPS) is 18.3. The van der Waals surface area contributed by atoms with Gasteiger partial charge in [-0.2, -0.15) is 4.98 Å². The zero-order chi connectivity index (χ0) is 12.6. The van der Waals surface area contributed by atoms with E-state index in [-0.39, 0.29) is 5.60 Å². The van der Waals surface area contributed by atoms with Gasteiger partial charge in [-0.05, 0) is 37.1 Å². The predicted octanol–water partition coefficient (Wildman–Crippen LogP) is 2.80. The first-order valence-electron chi connectivity index (χ1n) is 5.98. The van der Waals surface area contributed by atoms with Gasteiger partial charge in [-0.25, -0.2) is 0 Å². The third-order valence-electron chi connectivity index (χ3n) is 3.53. The Labute approximate surface area is 109 Å². The van der Waals surface area contributed by atoms with E-state index < -0.39 is 0 Å². The number of rotatable bonds is 3. The second-order valence-corrected chi connectivity index (χ2v) is 5.45. The zero-order valence-electron chi connectivity index (χ0n) is 10.2. The summed E-state index contributed by atoms with van der Waals surface area (Å²) in [5, 5.41) is 5.99. The number of anilines is 1. The van der Waals surface area contributed by atoms with E-state index in [0.29, 0.717) is 17.4 Å². The summed E-state index contributed by atoms with van der Waals surface area (Å²) >= 11 is 1.50. The van der Waals surface area contributed by atoms with Gasteiger partial charge in [0.1, 0.15) is 10.5 Å². The van der Waals surface area contributed by atoms with Crippen molar-refractivity contribution in [2.24, 2.45) is 0 Å². The van der Waals surface area contributed by atoms with Crippen molar-refractivity contribution in [3.63, 3.8) is 0 Å². The van der Waals surface area contributed by atoms with Gasteiger partial charge < -0.3 is 15.0 Å². The van der Waals surface area contributed by atoms with Crippen molar-refractivity contribution >= 4 is 17.0 Å². The molecule has 3 rings (SSSR count). The molecule has 2 aromatic heterocycles. The molecule has 2 heterocycles. The van der Waals surface area contributed by atoms with E-state index in [1.807, 2.05) is 11.4 Å². The van der Waals surface area contributed by atoms with Crippen LogP contribution in [0.15, 0.2) is 16.0 Å². The van der Waals surface area contributed by atoms with Gasteiger partial charge in [0.25, 0.3) is 5.89 Å². The Bertz CT molecular complexity index is 543. The van der Waals surface area contributed by atoms with Gasteiger partial charge in [0.05, 0.1) is 5.69 Å². The van der Waals surface area contributed by atoms with Crippen LogP contribution in [0.2, 0.25) is 0 Å². The van der Waals surface area contributed by atoms with Crippen LogP contribution >= 0.6 is 11.3 Å². The number of hydrogen-bond acceptors (Lipinski definition) is 6. The highest BCUT2D eigenvalue weighted by Crippen LogP contribution is 2.41. The van der Waals surface area contributed by atoms with Crippen LogP contribution in [0.1, 0.15) is 31.5 Å². The molecule has 0 spiro atoms. The zero-order valence-corrected chi connectivity index (χ0v) is 11.0. The van der Waals surface area contributed by atoms with Crippen molar-refractivity contribution in [1.82, 2.24) is 10.1 Å². The van der Waals surface area contributed by atoms with Crippen LogP contribution in [0.5, 0.6) is 0 Å². The summed E-state index contributed by atoms with van der Waals surface area (Å²) in [4.78, 5) is 5.30. The summed E-state index contributed by atoms with van der Waals surface area (Å²) in [6.07, 6.45) is 4.17. The predicted molar refractivity (Wildman–Crippen MR) is 69.2 cm³/mol. The summed E-state index contributed by atoms with van der Waals surface area (Å²) in [5.41, 5.74) is 6.16. The highest BCUT2D eigenvalue weighted by Gasteiger charge is 2.40. The van der Waals surface area contributed by atoms with Crippen molar-refractivity contribution in [3.8, 4) is 10.8 Å². The van der Waals surface area contributed by atoms with Crippen LogP contribution in [0, 0.1) is 0 Å². The van der Waals surface area contributed by atoms with E-state index in [0.717, 1.165) is 30.6 Å². The highest BCUT2D eigenvalue weighted by molar-refractivity contribution is 7.14. The molecule has 96 valence electrons. The number of ether oxygens (including phenoxy) is 1. The van der Waals surface area contributed by atoms with Crippen molar-refractivity contribution in [2.45, 2.75) is 31.3 Å². The minimum Gasteiger partial charge on any atom is -0.397 e. The van der Waals surface area contributed by atoms with Crippen molar-refractivity contribution in [1.29, 1.82) is 0 Å². The van der Waals surface area contributed by atoms with Gasteiger partial charge in [0.2, 0.25) is 5.82 Å². The second-order valence-electron chi connectivity index (χ2n) is 4.53. The second kappa shape index (κ2) is 4.37. The van der Waals surface area contributed by atoms with Crippen LogP contribution in [-0.2, 0) is 10.3 Å². The number of thiophene rings is 1. The van der Waals surface area contributed by atoms with Gasteiger partial charge >= 0.3 is 0 Å². The summed E-state index contributed by atoms with van der Waals surface area (Å²) in [6.45, 7) is 0. The minimum atomic E-state index is -0.367. The molecule has 0 radical (unpaired) electrons. The summed E-state index contributed by atoms with van der Waals surface area (Å²) in [6, 6.07) is 1.84. The summed E-state index contributed by atoms with van der Waals surface area (Å²) < 4.78 is 11.0. The molecule has 5 nitrogen and oxygen atoms in total. The molecule has 1 fully saturated rings. The Morgan fingerprint density at radius 1 is 1.44 bits per heavy atom. The van der Waals surface area contributed by atoms with Crippen LogP contribution < -0.4 is 5.73 Å². The first-order valence-corrected chi connectivity index (χ1v) is 6.86. The molecule has 18 heavy (non-hydrogen) atoms. The molecule has 0 aromatic carbocycles. The molecule has 1 aliphatic carbocycles. The minimum absolute atomic E-state index is 0.367. The van der Waals surface area contributed by atoms with Crippen LogP contribution in [-0.4, -0.2) is 17.3 Å². The van der Waals surface area contributed by atoms with E-state index in [2.05, 4.69) is 10.1 Å². The van der Waals surface area contributed by atoms with Gasteiger partial charge in [0, 0.05) is 7.11 Å². The summed E-state index contributed by atoms with van der Waals surface area (Å²) in [5.74, 6) is 1.13. The number of methoxy groups -OCH3 is 1. The molecular formula is C12H15N3O2S. The molecule has 0 atom stereocenters. The highest BCUT2D eigenvalue weighted by atomic mass is 32.1. The van der Waals surface area contributed by atoms with Crippen LogP contribution in [0.25, 0.3) is 10.8 Å². The largest absolute Gasteiger partial charge is 0.397 e. The maximum atomic E-state index is 5.85.